The van der Waals surface area contributed by atoms with Gasteiger partial charge in [-0.05, 0) is 49.0 Å². The Labute approximate surface area is 174 Å². The van der Waals surface area contributed by atoms with E-state index in [0.29, 0.717) is 0 Å². The van der Waals surface area contributed by atoms with E-state index in [0.717, 1.165) is 10.8 Å². The van der Waals surface area contributed by atoms with E-state index in [1.807, 2.05) is 52.0 Å². The van der Waals surface area contributed by atoms with Crippen LogP contribution in [0.25, 0.3) is 6.08 Å². The Balaban J connectivity index is 2.82. The van der Waals surface area contributed by atoms with Crippen molar-refractivity contribution in [1.82, 2.24) is 5.32 Å². The van der Waals surface area contributed by atoms with Crippen molar-refractivity contribution in [3.63, 3.8) is 0 Å². The van der Waals surface area contributed by atoms with Gasteiger partial charge in [0.05, 0.1) is 0 Å². The minimum Gasteiger partial charge on any atom is -0.480 e. The van der Waals surface area contributed by atoms with Crippen LogP contribution in [0.3, 0.4) is 0 Å². The van der Waals surface area contributed by atoms with Gasteiger partial charge in [0.2, 0.25) is 0 Å². The molecule has 1 amide bonds. The monoisotopic (exact) mass is 423 g/mol. The number of aliphatic carboxylic acids is 1. The Morgan fingerprint density at radius 1 is 1.14 bits per heavy atom. The maximum absolute atomic E-state index is 15.6. The number of ether oxygens (including phenoxy) is 1. The molecule has 0 heterocycles. The first-order valence-corrected chi connectivity index (χ1v) is 12.0. The Bertz CT molecular complexity index is 715. The van der Waals surface area contributed by atoms with E-state index < -0.39 is 32.1 Å². The third-order valence-corrected chi connectivity index (χ3v) is 9.28. The first kappa shape index (κ1) is 24.9. The summed E-state index contributed by atoms with van der Waals surface area (Å²) in [6.07, 6.45) is 2.78. The van der Waals surface area contributed by atoms with Gasteiger partial charge >= 0.3 is 12.1 Å². The van der Waals surface area contributed by atoms with Gasteiger partial charge in [-0.2, -0.15) is 0 Å². The highest BCUT2D eigenvalue weighted by atomic mass is 28.4. The lowest BCUT2D eigenvalue weighted by molar-refractivity contribution is -0.139. The van der Waals surface area contributed by atoms with E-state index in [2.05, 4.69) is 5.32 Å². The summed E-state index contributed by atoms with van der Waals surface area (Å²) < 4.78 is 20.7. The van der Waals surface area contributed by atoms with Crippen molar-refractivity contribution in [1.29, 1.82) is 0 Å². The summed E-state index contributed by atoms with van der Waals surface area (Å²) >= 11 is 0. The zero-order valence-electron chi connectivity index (χ0n) is 18.5. The van der Waals surface area contributed by atoms with E-state index >= 15 is 4.11 Å². The summed E-state index contributed by atoms with van der Waals surface area (Å²) in [4.78, 5) is 23.2. The van der Waals surface area contributed by atoms with Gasteiger partial charge in [0.25, 0.3) is 8.41 Å². The molecule has 0 radical (unpaired) electrons. The molecule has 7 heteroatoms. The number of hydrogen-bond donors (Lipinski definition) is 2. The molecule has 0 bridgehead atoms. The number of halogens is 1. The summed E-state index contributed by atoms with van der Waals surface area (Å²) in [5.41, 5.74) is 0.114. The van der Waals surface area contributed by atoms with Gasteiger partial charge in [-0.25, -0.2) is 9.59 Å². The van der Waals surface area contributed by atoms with Crippen LogP contribution in [-0.4, -0.2) is 37.2 Å². The summed E-state index contributed by atoms with van der Waals surface area (Å²) in [7, 11) is -3.07. The van der Waals surface area contributed by atoms with Gasteiger partial charge in [0.1, 0.15) is 11.6 Å². The Hall–Kier alpha value is -2.15. The number of hydrogen-bond acceptors (Lipinski definition) is 3. The number of benzene rings is 1. The normalized spacial score (nSPS) is 13.7. The maximum Gasteiger partial charge on any atom is 0.408 e. The molecule has 5 nitrogen and oxygen atoms in total. The number of rotatable bonds is 8. The lowest BCUT2D eigenvalue weighted by Crippen LogP contribution is -2.49. The molecule has 0 saturated heterocycles. The molecule has 0 aliphatic carbocycles. The maximum atomic E-state index is 15.6. The molecular weight excluding hydrogens is 389 g/mol. The SMILES string of the molecule is CC(C)[Si](F)(c1ccc(/C=C/C[C@H](NC(=O)OC(C)(C)C)C(=O)O)cc1)C(C)C. The van der Waals surface area contributed by atoms with Gasteiger partial charge in [-0.15, -0.1) is 0 Å². The molecule has 162 valence electrons. The summed E-state index contributed by atoms with van der Waals surface area (Å²) in [5.74, 6) is -1.14. The highest BCUT2D eigenvalue weighted by molar-refractivity contribution is 6.88. The fourth-order valence-corrected chi connectivity index (χ4v) is 6.54. The average molecular weight is 424 g/mol. The second-order valence-electron chi connectivity index (χ2n) is 8.87. The second-order valence-corrected chi connectivity index (χ2v) is 13.3. The van der Waals surface area contributed by atoms with Crippen molar-refractivity contribution < 1.29 is 23.5 Å². The molecule has 1 aromatic carbocycles. The first-order chi connectivity index (χ1) is 13.3. The van der Waals surface area contributed by atoms with Crippen LogP contribution in [0, 0.1) is 0 Å². The standard InChI is InChI=1S/C22H34FNO4Si/c1-15(2)29(23,16(3)4)18-13-11-17(12-14-18)9-8-10-19(20(25)26)24-21(27)28-22(5,6)7/h8-9,11-16,19H,10H2,1-7H3,(H,24,27)(H,25,26)/b9-8+/t19-/m0/s1. The number of alkyl carbamates (subject to hydrolysis) is 1. The van der Waals surface area contributed by atoms with Crippen LogP contribution in [0.5, 0.6) is 0 Å². The summed E-state index contributed by atoms with van der Waals surface area (Å²) in [6.45, 7) is 12.9. The Morgan fingerprint density at radius 3 is 2.07 bits per heavy atom. The molecule has 0 aliphatic rings. The fourth-order valence-electron chi connectivity index (χ4n) is 3.19. The lowest BCUT2D eigenvalue weighted by atomic mass is 10.1. The quantitative estimate of drug-likeness (QED) is 0.455. The minimum absolute atomic E-state index is 0.0147. The van der Waals surface area contributed by atoms with E-state index in [-0.39, 0.29) is 17.5 Å². The largest absolute Gasteiger partial charge is 0.480 e. The predicted octanol–water partition coefficient (Wildman–Crippen LogP) is 5.01. The molecule has 0 fully saturated rings. The van der Waals surface area contributed by atoms with Gasteiger partial charge < -0.3 is 19.3 Å². The van der Waals surface area contributed by atoms with E-state index in [4.69, 9.17) is 4.74 Å². The van der Waals surface area contributed by atoms with E-state index in [1.165, 1.54) is 0 Å². The van der Waals surface area contributed by atoms with Crippen LogP contribution in [0.1, 0.15) is 60.5 Å². The molecule has 0 spiro atoms. The fraction of sp³-hybridized carbons (Fsp3) is 0.545. The van der Waals surface area contributed by atoms with Crippen LogP contribution in [0.15, 0.2) is 30.3 Å². The van der Waals surface area contributed by atoms with Crippen molar-refractivity contribution in [2.24, 2.45) is 0 Å². The van der Waals surface area contributed by atoms with Crippen LogP contribution in [-0.2, 0) is 9.53 Å². The van der Waals surface area contributed by atoms with Crippen molar-refractivity contribution >= 4 is 31.7 Å². The van der Waals surface area contributed by atoms with Gasteiger partial charge in [0, 0.05) is 0 Å². The summed E-state index contributed by atoms with van der Waals surface area (Å²) in [6, 6.07) is 6.26. The number of carboxylic acids is 1. The number of carbonyl (C=O) groups is 2. The summed E-state index contributed by atoms with van der Waals surface area (Å²) in [5, 5.41) is 12.4. The molecular formula is C22H34FNO4Si. The number of nitrogens with one attached hydrogen (secondary N) is 1. The Morgan fingerprint density at radius 2 is 1.66 bits per heavy atom. The second kappa shape index (κ2) is 10.0. The van der Waals surface area contributed by atoms with E-state index in [9.17, 15) is 14.7 Å². The van der Waals surface area contributed by atoms with Gasteiger partial charge in [0.15, 0.2) is 0 Å². The zero-order chi connectivity index (χ0) is 22.4. The molecule has 1 atom stereocenters. The lowest BCUT2D eigenvalue weighted by Gasteiger charge is -2.30. The van der Waals surface area contributed by atoms with Crippen LogP contribution < -0.4 is 10.5 Å². The van der Waals surface area contributed by atoms with Crippen LogP contribution in [0.2, 0.25) is 11.1 Å². The van der Waals surface area contributed by atoms with Gasteiger partial charge in [-0.3, -0.25) is 0 Å². The smallest absolute Gasteiger partial charge is 0.408 e. The van der Waals surface area contributed by atoms with Crippen molar-refractivity contribution in [2.75, 3.05) is 0 Å². The topological polar surface area (TPSA) is 75.6 Å². The first-order valence-electron chi connectivity index (χ1n) is 9.95. The van der Waals surface area contributed by atoms with Crippen LogP contribution in [0.4, 0.5) is 8.90 Å². The molecule has 1 aromatic rings. The average Bonchev–Trinajstić information content (AvgIpc) is 2.58. The zero-order valence-corrected chi connectivity index (χ0v) is 19.5. The van der Waals surface area contributed by atoms with E-state index in [1.54, 1.807) is 32.9 Å². The minimum atomic E-state index is -3.07. The molecule has 0 aromatic heterocycles. The molecule has 0 saturated carbocycles. The third-order valence-electron chi connectivity index (χ3n) is 4.70. The number of amides is 1. The molecule has 2 N–H and O–H groups in total. The predicted molar refractivity (Wildman–Crippen MR) is 118 cm³/mol. The molecule has 29 heavy (non-hydrogen) atoms. The highest BCUT2D eigenvalue weighted by Gasteiger charge is 2.43. The number of carbonyl (C=O) groups excluding carboxylic acids is 1. The Kier molecular flexibility index (Phi) is 8.62. The highest BCUT2D eigenvalue weighted by Crippen LogP contribution is 2.33. The third kappa shape index (κ3) is 7.31. The van der Waals surface area contributed by atoms with Gasteiger partial charge in [-0.1, -0.05) is 64.1 Å². The van der Waals surface area contributed by atoms with Crippen LogP contribution >= 0.6 is 0 Å². The molecule has 0 unspecified atom stereocenters. The van der Waals surface area contributed by atoms with Crippen molar-refractivity contribution in [3.8, 4) is 0 Å². The molecule has 1 rings (SSSR count). The van der Waals surface area contributed by atoms with Crippen molar-refractivity contribution in [3.05, 3.63) is 35.9 Å². The van der Waals surface area contributed by atoms with Crippen molar-refractivity contribution in [2.45, 2.75) is 77.6 Å². The molecule has 0 aliphatic heterocycles. The number of carboxylic acid groups (broad SMARTS) is 1.